The number of carbonyl (C=O) groups is 2. The molecule has 0 spiro atoms. The van der Waals surface area contributed by atoms with Crippen LogP contribution in [0.2, 0.25) is 0 Å². The van der Waals surface area contributed by atoms with Gasteiger partial charge in [0.05, 0.1) is 17.8 Å². The molecule has 7 nitrogen and oxygen atoms in total. The highest BCUT2D eigenvalue weighted by Gasteiger charge is 2.22. The highest BCUT2D eigenvalue weighted by atomic mass is 32.1. The lowest BCUT2D eigenvalue weighted by Gasteiger charge is -2.13. The highest BCUT2D eigenvalue weighted by molar-refractivity contribution is 7.17. The molecule has 0 aliphatic rings. The highest BCUT2D eigenvalue weighted by Crippen LogP contribution is 2.27. The largest absolute Gasteiger partial charge is 0.481 e. The maximum Gasteiger partial charge on any atom is 0.308 e. The van der Waals surface area contributed by atoms with Gasteiger partial charge in [-0.2, -0.15) is 5.10 Å². The molecule has 0 unspecified atom stereocenters. The lowest BCUT2D eigenvalue weighted by atomic mass is 9.99. The van der Waals surface area contributed by atoms with Crippen LogP contribution in [0.4, 0.5) is 0 Å². The van der Waals surface area contributed by atoms with Crippen LogP contribution in [-0.4, -0.2) is 38.3 Å². The zero-order valence-corrected chi connectivity index (χ0v) is 15.9. The maximum atomic E-state index is 12.5. The number of benzene rings is 1. The van der Waals surface area contributed by atoms with Crippen molar-refractivity contribution in [1.29, 1.82) is 0 Å². The van der Waals surface area contributed by atoms with E-state index in [-0.39, 0.29) is 12.5 Å². The Morgan fingerprint density at radius 3 is 2.67 bits per heavy atom. The van der Waals surface area contributed by atoms with Crippen LogP contribution in [0.5, 0.6) is 0 Å². The van der Waals surface area contributed by atoms with Crippen LogP contribution in [0.25, 0.3) is 10.6 Å². The second-order valence-electron chi connectivity index (χ2n) is 6.27. The van der Waals surface area contributed by atoms with E-state index in [0.29, 0.717) is 22.0 Å². The second-order valence-corrected chi connectivity index (χ2v) is 7.27. The Kier molecular flexibility index (Phi) is 5.66. The van der Waals surface area contributed by atoms with Crippen LogP contribution in [0.15, 0.2) is 42.7 Å². The van der Waals surface area contributed by atoms with E-state index >= 15 is 0 Å². The van der Waals surface area contributed by atoms with Gasteiger partial charge in [-0.05, 0) is 18.9 Å². The average Bonchev–Trinajstić information content (AvgIpc) is 3.24. The lowest BCUT2D eigenvalue weighted by Crippen LogP contribution is -2.34. The van der Waals surface area contributed by atoms with Gasteiger partial charge >= 0.3 is 5.97 Å². The van der Waals surface area contributed by atoms with E-state index in [4.69, 9.17) is 0 Å². The van der Waals surface area contributed by atoms with Crippen LogP contribution in [0.3, 0.4) is 0 Å². The van der Waals surface area contributed by atoms with Crippen molar-refractivity contribution in [3.8, 4) is 10.6 Å². The number of aliphatic carboxylic acids is 1. The minimum absolute atomic E-state index is 0.0582. The average molecular weight is 384 g/mol. The van der Waals surface area contributed by atoms with E-state index < -0.39 is 11.9 Å². The number of hydrogen-bond acceptors (Lipinski definition) is 5. The molecule has 0 saturated carbocycles. The molecule has 0 aliphatic carbocycles. The van der Waals surface area contributed by atoms with Gasteiger partial charge in [-0.3, -0.25) is 14.3 Å². The van der Waals surface area contributed by atoms with E-state index in [0.717, 1.165) is 11.1 Å². The normalized spacial score (nSPS) is 11.9. The molecule has 2 aromatic heterocycles. The molecule has 1 amide bonds. The fourth-order valence-electron chi connectivity index (χ4n) is 2.70. The van der Waals surface area contributed by atoms with Gasteiger partial charge in [0.1, 0.15) is 9.88 Å². The SMILES string of the molecule is Cc1nc(-c2cnn(C)c2)sc1C(=O)NC[C@@H](Cc1ccccc1)C(=O)O. The number of nitrogens with one attached hydrogen (secondary N) is 1. The van der Waals surface area contributed by atoms with Crippen LogP contribution < -0.4 is 5.32 Å². The van der Waals surface area contributed by atoms with E-state index in [1.165, 1.54) is 11.3 Å². The second kappa shape index (κ2) is 8.13. The third-order valence-corrected chi connectivity index (χ3v) is 5.34. The number of carbonyl (C=O) groups excluding carboxylic acids is 1. The molecule has 3 aromatic rings. The Morgan fingerprint density at radius 1 is 1.30 bits per heavy atom. The van der Waals surface area contributed by atoms with Crippen molar-refractivity contribution in [2.75, 3.05) is 6.54 Å². The summed E-state index contributed by atoms with van der Waals surface area (Å²) in [5.41, 5.74) is 2.38. The van der Waals surface area contributed by atoms with Crippen molar-refractivity contribution in [3.63, 3.8) is 0 Å². The van der Waals surface area contributed by atoms with Crippen molar-refractivity contribution >= 4 is 23.2 Å². The third-order valence-electron chi connectivity index (χ3n) is 4.14. The van der Waals surface area contributed by atoms with E-state index in [9.17, 15) is 14.7 Å². The molecule has 2 N–H and O–H groups in total. The first-order chi connectivity index (χ1) is 12.9. The fourth-order valence-corrected chi connectivity index (χ4v) is 3.66. The van der Waals surface area contributed by atoms with Gasteiger partial charge in [0.25, 0.3) is 5.91 Å². The first-order valence-electron chi connectivity index (χ1n) is 8.45. The number of amides is 1. The number of aryl methyl sites for hydroxylation is 2. The number of rotatable bonds is 7. The van der Waals surface area contributed by atoms with Gasteiger partial charge in [0.15, 0.2) is 0 Å². The molecule has 140 valence electrons. The summed E-state index contributed by atoms with van der Waals surface area (Å²) >= 11 is 1.27. The predicted molar refractivity (Wildman–Crippen MR) is 103 cm³/mol. The van der Waals surface area contributed by atoms with Crippen molar-refractivity contribution in [1.82, 2.24) is 20.1 Å². The lowest BCUT2D eigenvalue weighted by molar-refractivity contribution is -0.141. The fraction of sp³-hybridized carbons (Fsp3) is 0.263. The topological polar surface area (TPSA) is 97.1 Å². The first-order valence-corrected chi connectivity index (χ1v) is 9.27. The summed E-state index contributed by atoms with van der Waals surface area (Å²) < 4.78 is 1.67. The molecule has 0 saturated heterocycles. The Morgan fingerprint density at radius 2 is 2.04 bits per heavy atom. The van der Waals surface area contributed by atoms with Crippen LogP contribution in [-0.2, 0) is 18.3 Å². The number of carboxylic acid groups (broad SMARTS) is 1. The summed E-state index contributed by atoms with van der Waals surface area (Å²) in [7, 11) is 1.82. The molecule has 0 fully saturated rings. The predicted octanol–water partition coefficient (Wildman–Crippen LogP) is 2.53. The van der Waals surface area contributed by atoms with Crippen LogP contribution in [0.1, 0.15) is 20.9 Å². The molecule has 2 heterocycles. The monoisotopic (exact) mass is 384 g/mol. The van der Waals surface area contributed by atoms with Crippen LogP contribution in [0, 0.1) is 12.8 Å². The molecule has 1 atom stereocenters. The molecule has 3 rings (SSSR count). The Bertz CT molecular complexity index is 949. The smallest absolute Gasteiger partial charge is 0.308 e. The summed E-state index contributed by atoms with van der Waals surface area (Å²) in [4.78, 5) is 29.0. The number of carboxylic acids is 1. The summed E-state index contributed by atoms with van der Waals surface area (Å²) in [6.07, 6.45) is 3.89. The Balaban J connectivity index is 1.67. The molecule has 8 heteroatoms. The number of nitrogens with zero attached hydrogens (tertiary/aromatic N) is 3. The standard InChI is InChI=1S/C19H20N4O3S/c1-12-16(27-18(22-12)15-10-21-23(2)11-15)17(24)20-9-14(19(25)26)8-13-6-4-3-5-7-13/h3-7,10-11,14H,8-9H2,1-2H3,(H,20,24)(H,25,26)/t14-/m1/s1. The molecule has 0 aliphatic heterocycles. The van der Waals surface area contributed by atoms with Gasteiger partial charge in [-0.1, -0.05) is 30.3 Å². The van der Waals surface area contributed by atoms with Gasteiger partial charge in [0.2, 0.25) is 0 Å². The molecule has 1 aromatic carbocycles. The van der Waals surface area contributed by atoms with Crippen molar-refractivity contribution < 1.29 is 14.7 Å². The third kappa shape index (κ3) is 4.59. The van der Waals surface area contributed by atoms with Crippen molar-refractivity contribution in [3.05, 3.63) is 58.9 Å². The van der Waals surface area contributed by atoms with Gasteiger partial charge < -0.3 is 10.4 Å². The molecular weight excluding hydrogens is 364 g/mol. The number of aromatic nitrogens is 3. The van der Waals surface area contributed by atoms with Crippen LogP contribution >= 0.6 is 11.3 Å². The minimum Gasteiger partial charge on any atom is -0.481 e. The molecule has 0 radical (unpaired) electrons. The van der Waals surface area contributed by atoms with Gasteiger partial charge in [0, 0.05) is 25.4 Å². The van der Waals surface area contributed by atoms with Crippen molar-refractivity contribution in [2.45, 2.75) is 13.3 Å². The van der Waals surface area contributed by atoms with E-state index in [2.05, 4.69) is 15.4 Å². The summed E-state index contributed by atoms with van der Waals surface area (Å²) in [6, 6.07) is 9.38. The Labute approximate surface area is 160 Å². The molecular formula is C19H20N4O3S. The summed E-state index contributed by atoms with van der Waals surface area (Å²) in [6.45, 7) is 1.83. The number of hydrogen-bond donors (Lipinski definition) is 2. The zero-order chi connectivity index (χ0) is 19.4. The summed E-state index contributed by atoms with van der Waals surface area (Å²) in [5, 5.41) is 17.0. The maximum absolute atomic E-state index is 12.5. The molecule has 0 bridgehead atoms. The van der Waals surface area contributed by atoms with Crippen molar-refractivity contribution in [2.24, 2.45) is 13.0 Å². The van der Waals surface area contributed by atoms with E-state index in [1.807, 2.05) is 43.6 Å². The van der Waals surface area contributed by atoms with Gasteiger partial charge in [-0.15, -0.1) is 11.3 Å². The van der Waals surface area contributed by atoms with Gasteiger partial charge in [-0.25, -0.2) is 4.98 Å². The first kappa shape index (κ1) is 18.8. The minimum atomic E-state index is -0.934. The molecule has 27 heavy (non-hydrogen) atoms. The zero-order valence-electron chi connectivity index (χ0n) is 15.0. The Hall–Kier alpha value is -3.00. The van der Waals surface area contributed by atoms with E-state index in [1.54, 1.807) is 17.8 Å². The summed E-state index contributed by atoms with van der Waals surface area (Å²) in [5.74, 6) is -1.93. The quantitative estimate of drug-likeness (QED) is 0.652. The number of thiazole rings is 1.